The monoisotopic (exact) mass is 685 g/mol. The number of benzene rings is 4. The Labute approximate surface area is 279 Å². The van der Waals surface area contributed by atoms with Gasteiger partial charge in [-0.1, -0.05) is 108 Å². The van der Waals surface area contributed by atoms with E-state index in [4.69, 9.17) is 34.8 Å². The van der Waals surface area contributed by atoms with Gasteiger partial charge >= 0.3 is 0 Å². The molecule has 4 aromatic carbocycles. The number of hydrogen-bond donors (Lipinski definition) is 1. The second-order valence-electron chi connectivity index (χ2n) is 10.5. The Hall–Kier alpha value is -3.56. The summed E-state index contributed by atoms with van der Waals surface area (Å²) >= 11 is 19.0. The first-order valence-electron chi connectivity index (χ1n) is 14.4. The number of amides is 2. The third kappa shape index (κ3) is 8.79. The number of aryl methyl sites for hydroxylation is 1. The fourth-order valence-corrected chi connectivity index (χ4v) is 6.80. The van der Waals surface area contributed by atoms with Crippen LogP contribution in [0.1, 0.15) is 30.0 Å². The van der Waals surface area contributed by atoms with Crippen LogP contribution in [0.3, 0.4) is 0 Å². The summed E-state index contributed by atoms with van der Waals surface area (Å²) in [4.78, 5) is 29.6. The van der Waals surface area contributed by atoms with Crippen molar-refractivity contribution < 1.29 is 18.0 Å². The molecule has 0 aliphatic rings. The van der Waals surface area contributed by atoms with E-state index in [0.29, 0.717) is 23.6 Å². The minimum Gasteiger partial charge on any atom is -0.354 e. The van der Waals surface area contributed by atoms with Gasteiger partial charge in [0.1, 0.15) is 12.6 Å². The lowest BCUT2D eigenvalue weighted by molar-refractivity contribution is -0.140. The highest BCUT2D eigenvalue weighted by atomic mass is 35.5. The molecule has 0 saturated carbocycles. The lowest BCUT2D eigenvalue weighted by Gasteiger charge is -2.34. The Balaban J connectivity index is 1.82. The Morgan fingerprint density at radius 1 is 0.800 bits per heavy atom. The molecule has 0 aliphatic carbocycles. The first kappa shape index (κ1) is 34.3. The molecule has 2 amide bonds. The molecular formula is C34H34Cl3N3O4S. The van der Waals surface area contributed by atoms with Gasteiger partial charge in [-0.3, -0.25) is 13.9 Å². The van der Waals surface area contributed by atoms with E-state index in [1.807, 2.05) is 44.2 Å². The molecule has 4 aromatic rings. The predicted octanol–water partition coefficient (Wildman–Crippen LogP) is 7.32. The van der Waals surface area contributed by atoms with E-state index in [1.165, 1.54) is 17.0 Å². The molecule has 0 aliphatic heterocycles. The summed E-state index contributed by atoms with van der Waals surface area (Å²) in [6.45, 7) is 3.54. The molecule has 0 fully saturated rings. The molecular weight excluding hydrogens is 653 g/mol. The van der Waals surface area contributed by atoms with Crippen LogP contribution in [-0.2, 0) is 32.6 Å². The van der Waals surface area contributed by atoms with Crippen molar-refractivity contribution in [2.24, 2.45) is 0 Å². The van der Waals surface area contributed by atoms with Crippen molar-refractivity contribution in [2.75, 3.05) is 17.4 Å². The minimum atomic E-state index is -4.26. The summed E-state index contributed by atoms with van der Waals surface area (Å²) in [6, 6.07) is 26.1. The standard InChI is InChI=1S/C34H34Cl3N3O4S/c1-3-19-38-34(42)32(21-25-9-5-4-6-10-25)39(22-26-15-18-28(35)30(37)20-26)33(41)23-40(31-12-8-7-11-29(31)36)45(43,44)27-16-13-24(2)14-17-27/h4-18,20,32H,3,19,21-23H2,1-2H3,(H,38,42). The van der Waals surface area contributed by atoms with Crippen LogP contribution < -0.4 is 9.62 Å². The first-order valence-corrected chi connectivity index (χ1v) is 17.0. The maximum Gasteiger partial charge on any atom is 0.264 e. The number of nitrogens with one attached hydrogen (secondary N) is 1. The number of carbonyl (C=O) groups excluding carboxylic acids is 2. The van der Waals surface area contributed by atoms with E-state index in [2.05, 4.69) is 5.32 Å². The second-order valence-corrected chi connectivity index (χ2v) is 13.6. The molecule has 0 aromatic heterocycles. The van der Waals surface area contributed by atoms with Gasteiger partial charge in [0, 0.05) is 19.5 Å². The molecule has 7 nitrogen and oxygen atoms in total. The molecule has 45 heavy (non-hydrogen) atoms. The maximum absolute atomic E-state index is 14.5. The molecule has 1 N–H and O–H groups in total. The van der Waals surface area contributed by atoms with Gasteiger partial charge in [-0.05, 0) is 60.9 Å². The topological polar surface area (TPSA) is 86.8 Å². The third-order valence-corrected chi connectivity index (χ3v) is 10.00. The van der Waals surface area contributed by atoms with Crippen LogP contribution in [0.25, 0.3) is 0 Å². The molecule has 0 bridgehead atoms. The predicted molar refractivity (Wildman–Crippen MR) is 181 cm³/mol. The summed E-state index contributed by atoms with van der Waals surface area (Å²) in [7, 11) is -4.26. The molecule has 1 atom stereocenters. The molecule has 1 unspecified atom stereocenters. The van der Waals surface area contributed by atoms with Crippen LogP contribution in [-0.4, -0.2) is 44.3 Å². The van der Waals surface area contributed by atoms with Gasteiger partial charge < -0.3 is 10.2 Å². The summed E-state index contributed by atoms with van der Waals surface area (Å²) in [5, 5.41) is 3.70. The average molecular weight is 687 g/mol. The van der Waals surface area contributed by atoms with Crippen LogP contribution >= 0.6 is 34.8 Å². The SMILES string of the molecule is CCCNC(=O)C(Cc1ccccc1)N(Cc1ccc(Cl)c(Cl)c1)C(=O)CN(c1ccccc1Cl)S(=O)(=O)c1ccc(C)cc1. The zero-order valence-electron chi connectivity index (χ0n) is 24.9. The highest BCUT2D eigenvalue weighted by Gasteiger charge is 2.35. The Bertz CT molecular complexity index is 1740. The first-order chi connectivity index (χ1) is 21.5. The van der Waals surface area contributed by atoms with Gasteiger partial charge in [0.05, 0.1) is 25.7 Å². The van der Waals surface area contributed by atoms with Crippen molar-refractivity contribution in [2.45, 2.75) is 44.2 Å². The van der Waals surface area contributed by atoms with Gasteiger partial charge in [-0.2, -0.15) is 0 Å². The molecule has 11 heteroatoms. The average Bonchev–Trinajstić information content (AvgIpc) is 3.03. The van der Waals surface area contributed by atoms with Crippen LogP contribution in [0.4, 0.5) is 5.69 Å². The molecule has 0 heterocycles. The van der Waals surface area contributed by atoms with E-state index >= 15 is 0 Å². The van der Waals surface area contributed by atoms with E-state index in [9.17, 15) is 18.0 Å². The van der Waals surface area contributed by atoms with Gasteiger partial charge in [0.15, 0.2) is 0 Å². The van der Waals surface area contributed by atoms with E-state index in [-0.39, 0.29) is 39.5 Å². The summed E-state index contributed by atoms with van der Waals surface area (Å²) in [5.41, 5.74) is 2.46. The Morgan fingerprint density at radius 3 is 2.11 bits per heavy atom. The van der Waals surface area contributed by atoms with Gasteiger partial charge in [-0.15, -0.1) is 0 Å². The second kappa shape index (κ2) is 15.6. The largest absolute Gasteiger partial charge is 0.354 e. The van der Waals surface area contributed by atoms with Crippen molar-refractivity contribution in [1.29, 1.82) is 0 Å². The van der Waals surface area contributed by atoms with Crippen molar-refractivity contribution in [3.05, 3.63) is 129 Å². The fourth-order valence-electron chi connectivity index (χ4n) is 4.76. The minimum absolute atomic E-state index is 0.00150. The Morgan fingerprint density at radius 2 is 1.47 bits per heavy atom. The zero-order chi connectivity index (χ0) is 32.6. The highest BCUT2D eigenvalue weighted by molar-refractivity contribution is 7.92. The van der Waals surface area contributed by atoms with Gasteiger partial charge in [0.25, 0.3) is 10.0 Å². The number of para-hydroxylation sites is 1. The number of nitrogens with zero attached hydrogens (tertiary/aromatic N) is 2. The maximum atomic E-state index is 14.5. The van der Waals surface area contributed by atoms with E-state index in [1.54, 1.807) is 54.6 Å². The van der Waals surface area contributed by atoms with Crippen molar-refractivity contribution in [3.8, 4) is 0 Å². The van der Waals surface area contributed by atoms with Crippen molar-refractivity contribution in [1.82, 2.24) is 10.2 Å². The molecule has 4 rings (SSSR count). The smallest absolute Gasteiger partial charge is 0.264 e. The van der Waals surface area contributed by atoms with Crippen LogP contribution in [0, 0.1) is 6.92 Å². The van der Waals surface area contributed by atoms with Gasteiger partial charge in [-0.25, -0.2) is 8.42 Å². The number of sulfonamides is 1. The third-order valence-electron chi connectivity index (χ3n) is 7.17. The summed E-state index contributed by atoms with van der Waals surface area (Å²) in [6.07, 6.45) is 0.889. The molecule has 0 saturated heterocycles. The normalized spacial score (nSPS) is 11.9. The number of anilines is 1. The molecule has 236 valence electrons. The van der Waals surface area contributed by atoms with Crippen LogP contribution in [0.5, 0.6) is 0 Å². The number of rotatable bonds is 13. The zero-order valence-corrected chi connectivity index (χ0v) is 28.0. The van der Waals surface area contributed by atoms with Crippen LogP contribution in [0.15, 0.2) is 102 Å². The van der Waals surface area contributed by atoms with Gasteiger partial charge in [0.2, 0.25) is 11.8 Å². The fraction of sp³-hybridized carbons (Fsp3) is 0.235. The molecule has 0 spiro atoms. The van der Waals surface area contributed by atoms with Crippen molar-refractivity contribution >= 4 is 62.3 Å². The van der Waals surface area contributed by atoms with Crippen LogP contribution in [0.2, 0.25) is 15.1 Å². The lowest BCUT2D eigenvalue weighted by atomic mass is 10.0. The Kier molecular flexibility index (Phi) is 11.9. The number of carbonyl (C=O) groups is 2. The highest BCUT2D eigenvalue weighted by Crippen LogP contribution is 2.31. The molecule has 0 radical (unpaired) electrons. The summed E-state index contributed by atoms with van der Waals surface area (Å²) < 4.78 is 29.2. The summed E-state index contributed by atoms with van der Waals surface area (Å²) in [5.74, 6) is -0.968. The lowest BCUT2D eigenvalue weighted by Crippen LogP contribution is -2.53. The van der Waals surface area contributed by atoms with E-state index in [0.717, 1.165) is 15.4 Å². The quantitative estimate of drug-likeness (QED) is 0.160. The number of halogens is 3. The number of hydrogen-bond acceptors (Lipinski definition) is 4. The van der Waals surface area contributed by atoms with E-state index < -0.39 is 28.5 Å². The van der Waals surface area contributed by atoms with Crippen molar-refractivity contribution in [3.63, 3.8) is 0 Å².